The summed E-state index contributed by atoms with van der Waals surface area (Å²) in [6, 6.07) is 6.79. The number of carbonyl (C=O) groups is 1. The van der Waals surface area contributed by atoms with Gasteiger partial charge in [0, 0.05) is 11.3 Å². The van der Waals surface area contributed by atoms with Gasteiger partial charge in [-0.05, 0) is 55.7 Å². The van der Waals surface area contributed by atoms with E-state index in [1.165, 1.54) is 12.1 Å². The molecule has 0 spiro atoms. The lowest BCUT2D eigenvalue weighted by Crippen LogP contribution is -2.57. The molecule has 0 radical (unpaired) electrons. The van der Waals surface area contributed by atoms with Crippen molar-refractivity contribution >= 4 is 11.6 Å². The van der Waals surface area contributed by atoms with Gasteiger partial charge in [-0.3, -0.25) is 4.79 Å². The average Bonchev–Trinajstić information content (AvgIpc) is 3.14. The van der Waals surface area contributed by atoms with E-state index in [1.54, 1.807) is 0 Å². The van der Waals surface area contributed by atoms with Gasteiger partial charge in [-0.15, -0.1) is 0 Å². The van der Waals surface area contributed by atoms with Crippen molar-refractivity contribution in [3.8, 4) is 0 Å². The minimum Gasteiger partial charge on any atom is -0.402 e. The van der Waals surface area contributed by atoms with Crippen molar-refractivity contribution in [3.05, 3.63) is 59.1 Å². The molecule has 4 N–H and O–H groups in total. The van der Waals surface area contributed by atoms with Gasteiger partial charge in [0.25, 0.3) is 5.71 Å². The number of fused-ring (bicyclic) bond motifs is 2. The molecule has 1 amide bonds. The third-order valence-corrected chi connectivity index (χ3v) is 5.71. The molecule has 0 aromatic heterocycles. The van der Waals surface area contributed by atoms with E-state index in [4.69, 9.17) is 11.1 Å². The topological polar surface area (TPSA) is 71.9 Å². The summed E-state index contributed by atoms with van der Waals surface area (Å²) in [6.07, 6.45) is 8.46. The Hall–Kier alpha value is -2.43. The molecule has 25 heavy (non-hydrogen) atoms. The van der Waals surface area contributed by atoms with Crippen molar-refractivity contribution in [2.75, 3.05) is 0 Å². The van der Waals surface area contributed by atoms with Crippen LogP contribution in [0.3, 0.4) is 0 Å². The van der Waals surface area contributed by atoms with Crippen LogP contribution in [-0.2, 0) is 4.79 Å². The molecular weight excluding hydrogens is 317 g/mol. The molecule has 3 aliphatic rings. The molecule has 4 nitrogen and oxygen atoms in total. The fourth-order valence-corrected chi connectivity index (χ4v) is 4.40. The number of carbonyl (C=O) groups excluding carboxylic acids is 1. The molecule has 2 aliphatic heterocycles. The largest absolute Gasteiger partial charge is 0.402 e. The molecule has 2 heterocycles. The molecule has 2 bridgehead atoms. The van der Waals surface area contributed by atoms with E-state index >= 15 is 0 Å². The van der Waals surface area contributed by atoms with Crippen LogP contribution in [0.4, 0.5) is 4.39 Å². The van der Waals surface area contributed by atoms with Gasteiger partial charge in [0.15, 0.2) is 0 Å². The molecule has 4 rings (SSSR count). The van der Waals surface area contributed by atoms with Crippen molar-refractivity contribution in [1.82, 2.24) is 4.90 Å². The number of hydrogen-bond acceptors (Lipinski definition) is 2. The van der Waals surface area contributed by atoms with Gasteiger partial charge >= 0.3 is 5.91 Å². The smallest absolute Gasteiger partial charge is 0.319 e. The number of nitrogens with two attached hydrogens (primary N) is 2. The summed E-state index contributed by atoms with van der Waals surface area (Å²) < 4.78 is 13.2. The lowest BCUT2D eigenvalue weighted by atomic mass is 9.84. The Kier molecular flexibility index (Phi) is 3.94. The van der Waals surface area contributed by atoms with Crippen LogP contribution in [0.1, 0.15) is 43.6 Å². The Morgan fingerprint density at radius 1 is 1.12 bits per heavy atom. The number of halogens is 1. The van der Waals surface area contributed by atoms with Crippen molar-refractivity contribution in [2.45, 2.75) is 50.1 Å². The summed E-state index contributed by atoms with van der Waals surface area (Å²) >= 11 is 0. The molecule has 1 aliphatic carbocycles. The number of nitrogens with zero attached hydrogens (tertiary/aromatic N) is 1. The summed E-state index contributed by atoms with van der Waals surface area (Å²) in [6.45, 7) is 0. The maximum Gasteiger partial charge on any atom is 0.319 e. The highest BCUT2D eigenvalue weighted by molar-refractivity contribution is 6.43. The third-order valence-electron chi connectivity index (χ3n) is 5.71. The Morgan fingerprint density at radius 2 is 1.76 bits per heavy atom. The van der Waals surface area contributed by atoms with E-state index in [0.29, 0.717) is 11.6 Å². The summed E-state index contributed by atoms with van der Waals surface area (Å²) in [5, 5.41) is 6.18. The molecule has 0 saturated carbocycles. The number of rotatable bonds is 3. The first-order valence-corrected chi connectivity index (χ1v) is 8.91. The van der Waals surface area contributed by atoms with E-state index < -0.39 is 0 Å². The second kappa shape index (κ2) is 6.14. The van der Waals surface area contributed by atoms with Gasteiger partial charge in [0.1, 0.15) is 5.82 Å². The lowest BCUT2D eigenvalue weighted by Gasteiger charge is -2.38. The maximum absolute atomic E-state index is 13.2. The highest BCUT2D eigenvalue weighted by Crippen LogP contribution is 2.40. The summed E-state index contributed by atoms with van der Waals surface area (Å²) in [4.78, 5) is 14.9. The highest BCUT2D eigenvalue weighted by Gasteiger charge is 2.43. The SMILES string of the molecule is NC1=C(C(=[NH2+])C(=O)N2[C@@H]3C=C[C@H]2CC(c2ccc(F)cc2)C3)CCC1. The number of hydrogen-bond donors (Lipinski definition) is 2. The first-order valence-electron chi connectivity index (χ1n) is 8.91. The van der Waals surface area contributed by atoms with Crippen molar-refractivity contribution in [3.63, 3.8) is 0 Å². The number of allylic oxidation sites excluding steroid dienone is 1. The fourth-order valence-electron chi connectivity index (χ4n) is 4.40. The van der Waals surface area contributed by atoms with E-state index in [0.717, 1.165) is 48.9 Å². The normalized spacial score (nSPS) is 27.9. The van der Waals surface area contributed by atoms with Crippen LogP contribution < -0.4 is 11.1 Å². The van der Waals surface area contributed by atoms with Crippen molar-refractivity contribution < 1.29 is 14.6 Å². The molecular formula is C20H23FN3O+. The first kappa shape index (κ1) is 16.1. The van der Waals surface area contributed by atoms with Crippen LogP contribution in [0.15, 0.2) is 47.7 Å². The molecule has 3 atom stereocenters. The third kappa shape index (κ3) is 2.77. The van der Waals surface area contributed by atoms with Crippen molar-refractivity contribution in [2.24, 2.45) is 5.73 Å². The molecule has 1 fully saturated rings. The maximum atomic E-state index is 13.2. The molecule has 1 aromatic rings. The van der Waals surface area contributed by atoms with Gasteiger partial charge in [-0.25, -0.2) is 9.80 Å². The first-order chi connectivity index (χ1) is 12.0. The minimum absolute atomic E-state index is 0.0445. The number of piperidine rings is 1. The van der Waals surface area contributed by atoms with Gasteiger partial charge in [-0.2, -0.15) is 0 Å². The average molecular weight is 340 g/mol. The lowest BCUT2D eigenvalue weighted by molar-refractivity contribution is -0.145. The van der Waals surface area contributed by atoms with Crippen LogP contribution in [0.25, 0.3) is 0 Å². The van der Waals surface area contributed by atoms with Gasteiger partial charge in [-0.1, -0.05) is 24.3 Å². The van der Waals surface area contributed by atoms with Gasteiger partial charge < -0.3 is 10.6 Å². The Morgan fingerprint density at radius 3 is 2.32 bits per heavy atom. The molecule has 1 saturated heterocycles. The second-order valence-electron chi connectivity index (χ2n) is 7.22. The molecule has 1 aromatic carbocycles. The molecule has 1 unspecified atom stereocenters. The van der Waals surface area contributed by atoms with Crippen LogP contribution in [0, 0.1) is 5.82 Å². The standard InChI is InChI=1S/C20H22FN3O/c21-14-6-4-12(5-7-14)13-10-15-8-9-16(11-13)24(15)20(25)19(23)17-2-1-3-18(17)22/h4-9,13,15-16,23H,1-3,10-11,22H2/p+1/t13?,15-,16+. The van der Waals surface area contributed by atoms with E-state index in [1.807, 2.05) is 17.0 Å². The van der Waals surface area contributed by atoms with Crippen LogP contribution in [-0.4, -0.2) is 28.6 Å². The van der Waals surface area contributed by atoms with E-state index in [2.05, 4.69) is 12.2 Å². The van der Waals surface area contributed by atoms with Crippen molar-refractivity contribution in [1.29, 1.82) is 0 Å². The van der Waals surface area contributed by atoms with Crippen LogP contribution >= 0.6 is 0 Å². The Bertz CT molecular complexity index is 765. The fraction of sp³-hybridized carbons (Fsp3) is 0.400. The quantitative estimate of drug-likeness (QED) is 0.645. The van der Waals surface area contributed by atoms with Crippen LogP contribution in [0.5, 0.6) is 0 Å². The monoisotopic (exact) mass is 340 g/mol. The Balaban J connectivity index is 1.51. The predicted octanol–water partition coefficient (Wildman–Crippen LogP) is 1.44. The van der Waals surface area contributed by atoms with Gasteiger partial charge in [0.05, 0.1) is 12.1 Å². The zero-order valence-electron chi connectivity index (χ0n) is 14.1. The van der Waals surface area contributed by atoms with E-state index in [-0.39, 0.29) is 23.8 Å². The van der Waals surface area contributed by atoms with E-state index in [9.17, 15) is 9.18 Å². The highest BCUT2D eigenvalue weighted by atomic mass is 19.1. The zero-order chi connectivity index (χ0) is 17.6. The predicted molar refractivity (Wildman–Crippen MR) is 93.9 cm³/mol. The van der Waals surface area contributed by atoms with Gasteiger partial charge in [0.2, 0.25) is 0 Å². The Labute approximate surface area is 146 Å². The minimum atomic E-state index is -0.220. The molecule has 5 heteroatoms. The number of benzene rings is 1. The summed E-state index contributed by atoms with van der Waals surface area (Å²) in [5.41, 5.74) is 9.04. The summed E-state index contributed by atoms with van der Waals surface area (Å²) in [5.74, 6) is 0.00584. The second-order valence-corrected chi connectivity index (χ2v) is 7.22. The summed E-state index contributed by atoms with van der Waals surface area (Å²) in [7, 11) is 0. The number of amides is 1. The van der Waals surface area contributed by atoms with Crippen LogP contribution in [0.2, 0.25) is 0 Å². The molecule has 130 valence electrons. The zero-order valence-corrected chi connectivity index (χ0v) is 14.1.